The molecule has 118 valence electrons. The minimum Gasteiger partial charge on any atom is -0.467 e. The van der Waals surface area contributed by atoms with Crippen molar-refractivity contribution in [3.05, 3.63) is 10.8 Å². The lowest BCUT2D eigenvalue weighted by Gasteiger charge is -2.20. The topological polar surface area (TPSA) is 76.1 Å². The first-order valence-electron chi connectivity index (χ1n) is 7.08. The van der Waals surface area contributed by atoms with Gasteiger partial charge in [-0.25, -0.2) is 14.8 Å². The minimum atomic E-state index is -0.430. The fourth-order valence-corrected chi connectivity index (χ4v) is 2.29. The first-order valence-corrected chi connectivity index (χ1v) is 7.87. The van der Waals surface area contributed by atoms with Crippen molar-refractivity contribution in [3.63, 3.8) is 0 Å². The van der Waals surface area contributed by atoms with Gasteiger partial charge in [-0.3, -0.25) is 0 Å². The Labute approximate surface area is 134 Å². The van der Waals surface area contributed by atoms with Crippen LogP contribution in [0.5, 0.6) is 0 Å². The van der Waals surface area contributed by atoms with Crippen molar-refractivity contribution in [1.82, 2.24) is 9.97 Å². The molecule has 0 aromatic carbocycles. The van der Waals surface area contributed by atoms with Crippen LogP contribution in [-0.2, 0) is 9.53 Å². The molecule has 21 heavy (non-hydrogen) atoms. The van der Waals surface area contributed by atoms with E-state index in [1.807, 2.05) is 0 Å². The summed E-state index contributed by atoms with van der Waals surface area (Å²) in [5, 5.41) is 6.34. The van der Waals surface area contributed by atoms with Crippen molar-refractivity contribution in [1.29, 1.82) is 0 Å². The number of halogens is 1. The van der Waals surface area contributed by atoms with E-state index in [1.54, 1.807) is 0 Å². The maximum atomic E-state index is 11.9. The lowest BCUT2D eigenvalue weighted by Crippen LogP contribution is -2.32. The van der Waals surface area contributed by atoms with Gasteiger partial charge in [-0.15, -0.1) is 0 Å². The predicted octanol–water partition coefficient (Wildman–Crippen LogP) is 3.06. The van der Waals surface area contributed by atoms with Crippen LogP contribution in [-0.4, -0.2) is 35.6 Å². The summed E-state index contributed by atoms with van der Waals surface area (Å²) >= 11 is 3.48. The van der Waals surface area contributed by atoms with Gasteiger partial charge in [-0.05, 0) is 34.7 Å². The van der Waals surface area contributed by atoms with E-state index in [0.29, 0.717) is 24.0 Å². The molecule has 1 rings (SSSR count). The fraction of sp³-hybridized carbons (Fsp3) is 0.643. The molecule has 0 amide bonds. The summed E-state index contributed by atoms with van der Waals surface area (Å²) in [6.45, 7) is 7.01. The summed E-state index contributed by atoms with van der Waals surface area (Å²) in [7, 11) is 1.39. The summed E-state index contributed by atoms with van der Waals surface area (Å²) in [4.78, 5) is 20.2. The lowest BCUT2D eigenvalue weighted by molar-refractivity contribution is -0.141. The number of methoxy groups -OCH3 is 1. The third-order valence-electron chi connectivity index (χ3n) is 2.84. The normalized spacial score (nSPS) is 12.1. The van der Waals surface area contributed by atoms with E-state index < -0.39 is 6.04 Å². The number of carbonyl (C=O) groups excluding carboxylic acids is 1. The molecule has 0 fully saturated rings. The third-order valence-corrected chi connectivity index (χ3v) is 3.59. The quantitative estimate of drug-likeness (QED) is 0.695. The van der Waals surface area contributed by atoms with Gasteiger partial charge in [0, 0.05) is 6.54 Å². The monoisotopic (exact) mass is 358 g/mol. The van der Waals surface area contributed by atoms with Crippen LogP contribution in [0.25, 0.3) is 0 Å². The predicted molar refractivity (Wildman–Crippen MR) is 87.4 cm³/mol. The Morgan fingerprint density at radius 2 is 2.05 bits per heavy atom. The Balaban J connectivity index is 2.90. The van der Waals surface area contributed by atoms with Crippen LogP contribution >= 0.6 is 15.9 Å². The van der Waals surface area contributed by atoms with Gasteiger partial charge in [0.25, 0.3) is 0 Å². The van der Waals surface area contributed by atoms with E-state index in [9.17, 15) is 4.79 Å². The van der Waals surface area contributed by atoms with Crippen molar-refractivity contribution in [2.75, 3.05) is 24.3 Å². The Kier molecular flexibility index (Phi) is 7.42. The molecule has 6 nitrogen and oxygen atoms in total. The van der Waals surface area contributed by atoms with Crippen LogP contribution < -0.4 is 10.6 Å². The van der Waals surface area contributed by atoms with E-state index in [4.69, 9.17) is 4.74 Å². The Morgan fingerprint density at radius 1 is 1.38 bits per heavy atom. The molecule has 1 unspecified atom stereocenters. The molecule has 7 heteroatoms. The number of hydrogen-bond donors (Lipinski definition) is 2. The standard InChI is InChI=1S/C14H23BrN4O2/c1-5-6-16-12-11(15)13(18-8-17-12)19-10(7-9(2)3)14(20)21-4/h8-10H,5-7H2,1-4H3,(H2,16,17,18,19). The van der Waals surface area contributed by atoms with E-state index in [1.165, 1.54) is 13.4 Å². The number of nitrogens with zero attached hydrogens (tertiary/aromatic N) is 2. The number of rotatable bonds is 8. The van der Waals surface area contributed by atoms with Crippen molar-refractivity contribution in [2.45, 2.75) is 39.7 Å². The summed E-state index contributed by atoms with van der Waals surface area (Å²) in [6, 6.07) is -0.430. The highest BCUT2D eigenvalue weighted by atomic mass is 79.9. The first kappa shape index (κ1) is 17.7. The van der Waals surface area contributed by atoms with Crippen molar-refractivity contribution >= 4 is 33.5 Å². The second-order valence-corrected chi connectivity index (χ2v) is 5.95. The van der Waals surface area contributed by atoms with Gasteiger partial charge in [0.15, 0.2) is 0 Å². The molecule has 0 saturated carbocycles. The van der Waals surface area contributed by atoms with E-state index >= 15 is 0 Å². The molecule has 1 heterocycles. The first-order chi connectivity index (χ1) is 9.99. The molecule has 0 bridgehead atoms. The average molecular weight is 359 g/mol. The number of carbonyl (C=O) groups is 1. The minimum absolute atomic E-state index is 0.294. The van der Waals surface area contributed by atoms with Gasteiger partial charge in [0.05, 0.1) is 7.11 Å². The largest absolute Gasteiger partial charge is 0.467 e. The van der Waals surface area contributed by atoms with Gasteiger partial charge in [-0.2, -0.15) is 0 Å². The number of hydrogen-bond acceptors (Lipinski definition) is 6. The van der Waals surface area contributed by atoms with Crippen LogP contribution in [0, 0.1) is 5.92 Å². The highest BCUT2D eigenvalue weighted by molar-refractivity contribution is 9.10. The highest BCUT2D eigenvalue weighted by Gasteiger charge is 2.22. The Hall–Kier alpha value is -1.37. The summed E-state index contributed by atoms with van der Waals surface area (Å²) in [6.07, 6.45) is 3.13. The SMILES string of the molecule is CCCNc1ncnc(NC(CC(C)C)C(=O)OC)c1Br. The number of esters is 1. The van der Waals surface area contributed by atoms with E-state index in [2.05, 4.69) is 57.3 Å². The number of ether oxygens (including phenoxy) is 1. The van der Waals surface area contributed by atoms with Crippen molar-refractivity contribution in [2.24, 2.45) is 5.92 Å². The lowest BCUT2D eigenvalue weighted by atomic mass is 10.0. The molecular formula is C14H23BrN4O2. The zero-order chi connectivity index (χ0) is 15.8. The second-order valence-electron chi connectivity index (χ2n) is 5.16. The van der Waals surface area contributed by atoms with Gasteiger partial charge >= 0.3 is 5.97 Å². The van der Waals surface area contributed by atoms with Gasteiger partial charge in [0.2, 0.25) is 0 Å². The van der Waals surface area contributed by atoms with E-state index in [-0.39, 0.29) is 5.97 Å². The molecule has 2 N–H and O–H groups in total. The molecule has 1 aromatic rings. The molecule has 0 radical (unpaired) electrons. The number of aromatic nitrogens is 2. The number of anilines is 2. The molecule has 0 saturated heterocycles. The molecule has 0 aliphatic rings. The van der Waals surface area contributed by atoms with Gasteiger partial charge in [0.1, 0.15) is 28.5 Å². The molecular weight excluding hydrogens is 336 g/mol. The zero-order valence-electron chi connectivity index (χ0n) is 12.9. The summed E-state index contributed by atoms with van der Waals surface area (Å²) in [5.74, 6) is 1.36. The third kappa shape index (κ3) is 5.49. The molecule has 1 atom stereocenters. The van der Waals surface area contributed by atoms with Crippen LogP contribution in [0.15, 0.2) is 10.8 Å². The maximum Gasteiger partial charge on any atom is 0.328 e. The fourth-order valence-electron chi connectivity index (χ4n) is 1.83. The van der Waals surface area contributed by atoms with Crippen LogP contribution in [0.4, 0.5) is 11.6 Å². The van der Waals surface area contributed by atoms with Crippen molar-refractivity contribution < 1.29 is 9.53 Å². The Bertz CT molecular complexity index is 468. The van der Waals surface area contributed by atoms with Crippen LogP contribution in [0.1, 0.15) is 33.6 Å². The second kappa shape index (κ2) is 8.81. The van der Waals surface area contributed by atoms with Crippen LogP contribution in [0.2, 0.25) is 0 Å². The molecule has 1 aromatic heterocycles. The highest BCUT2D eigenvalue weighted by Crippen LogP contribution is 2.27. The molecule has 0 aliphatic heterocycles. The zero-order valence-corrected chi connectivity index (χ0v) is 14.5. The van der Waals surface area contributed by atoms with Crippen molar-refractivity contribution in [3.8, 4) is 0 Å². The molecule has 0 spiro atoms. The van der Waals surface area contributed by atoms with Gasteiger partial charge in [-0.1, -0.05) is 20.8 Å². The average Bonchev–Trinajstić information content (AvgIpc) is 2.46. The molecule has 0 aliphatic carbocycles. The maximum absolute atomic E-state index is 11.9. The summed E-state index contributed by atoms with van der Waals surface area (Å²) < 4.78 is 5.56. The van der Waals surface area contributed by atoms with Crippen LogP contribution in [0.3, 0.4) is 0 Å². The van der Waals surface area contributed by atoms with E-state index in [0.717, 1.165) is 17.4 Å². The summed E-state index contributed by atoms with van der Waals surface area (Å²) in [5.41, 5.74) is 0. The smallest absolute Gasteiger partial charge is 0.328 e. The number of nitrogens with one attached hydrogen (secondary N) is 2. The Morgan fingerprint density at radius 3 is 2.62 bits per heavy atom. The van der Waals surface area contributed by atoms with Gasteiger partial charge < -0.3 is 15.4 Å².